The van der Waals surface area contributed by atoms with E-state index in [0.717, 1.165) is 22.6 Å². The number of amides is 1. The Morgan fingerprint density at radius 2 is 1.97 bits per heavy atom. The van der Waals surface area contributed by atoms with Crippen molar-refractivity contribution >= 4 is 11.6 Å². The quantitative estimate of drug-likeness (QED) is 0.671. The lowest BCUT2D eigenvalue weighted by molar-refractivity contribution is -0.133. The minimum atomic E-state index is -0.234. The first kappa shape index (κ1) is 18.4. The van der Waals surface area contributed by atoms with Crippen LogP contribution in [0, 0.1) is 11.3 Å². The highest BCUT2D eigenvalue weighted by atomic mass is 16.5. The summed E-state index contributed by atoms with van der Waals surface area (Å²) in [5.74, 6) is 0.547. The second-order valence-electron chi connectivity index (χ2n) is 6.52. The fourth-order valence-corrected chi connectivity index (χ4v) is 3.26. The number of hydrogen-bond acceptors (Lipinski definition) is 6. The van der Waals surface area contributed by atoms with E-state index in [-0.39, 0.29) is 24.3 Å². The summed E-state index contributed by atoms with van der Waals surface area (Å²) in [6.07, 6.45) is 1.97. The van der Waals surface area contributed by atoms with Crippen molar-refractivity contribution in [3.63, 3.8) is 0 Å². The lowest BCUT2D eigenvalue weighted by atomic mass is 9.98. The van der Waals surface area contributed by atoms with Crippen LogP contribution in [0.5, 0.6) is 5.75 Å². The zero-order valence-electron chi connectivity index (χ0n) is 15.8. The predicted octanol–water partition coefficient (Wildman–Crippen LogP) is 2.54. The van der Waals surface area contributed by atoms with Crippen LogP contribution in [0.3, 0.4) is 0 Å². The number of ether oxygens (including phenoxy) is 1. The molecule has 0 spiro atoms. The smallest absolute Gasteiger partial charge is 0.265 e. The third kappa shape index (κ3) is 3.84. The third-order valence-electron chi connectivity index (χ3n) is 4.71. The second kappa shape index (κ2) is 7.94. The maximum absolute atomic E-state index is 13.0. The Morgan fingerprint density at radius 3 is 2.62 bits per heavy atom. The number of hydrazone groups is 1. The van der Waals surface area contributed by atoms with Gasteiger partial charge in [-0.05, 0) is 23.3 Å². The fourth-order valence-electron chi connectivity index (χ4n) is 3.26. The van der Waals surface area contributed by atoms with Crippen molar-refractivity contribution in [1.82, 2.24) is 19.8 Å². The molecule has 0 saturated carbocycles. The van der Waals surface area contributed by atoms with Crippen LogP contribution in [0.15, 0.2) is 66.0 Å². The molecular formula is C21H18N6O2. The average molecular weight is 386 g/mol. The number of rotatable bonds is 5. The van der Waals surface area contributed by atoms with Gasteiger partial charge in [0.2, 0.25) is 0 Å². The molecule has 2 aromatic carbocycles. The van der Waals surface area contributed by atoms with Gasteiger partial charge in [-0.15, -0.1) is 5.10 Å². The van der Waals surface area contributed by atoms with Crippen molar-refractivity contribution in [2.75, 3.05) is 7.11 Å². The molecule has 0 saturated heterocycles. The maximum atomic E-state index is 13.0. The summed E-state index contributed by atoms with van der Waals surface area (Å²) in [6, 6.07) is 19.0. The maximum Gasteiger partial charge on any atom is 0.265 e. The minimum absolute atomic E-state index is 0.0272. The Kier molecular flexibility index (Phi) is 5.03. The van der Waals surface area contributed by atoms with Crippen molar-refractivity contribution in [1.29, 1.82) is 5.26 Å². The SMILES string of the molecule is COc1ccc([C@@H]2CC(c3ccccc3)=NN2C(=O)Cn2cnc(C#N)n2)cc1. The summed E-state index contributed by atoms with van der Waals surface area (Å²) in [5, 5.41) is 19.0. The normalized spacial score (nSPS) is 15.7. The molecule has 0 aliphatic carbocycles. The number of carbonyl (C=O) groups is 1. The topological polar surface area (TPSA) is 96.4 Å². The number of carbonyl (C=O) groups excluding carboxylic acids is 1. The van der Waals surface area contributed by atoms with E-state index in [9.17, 15) is 4.79 Å². The number of nitriles is 1. The van der Waals surface area contributed by atoms with Crippen LogP contribution < -0.4 is 4.74 Å². The molecule has 29 heavy (non-hydrogen) atoms. The molecule has 0 bridgehead atoms. The Morgan fingerprint density at radius 1 is 1.21 bits per heavy atom. The summed E-state index contributed by atoms with van der Waals surface area (Å²) in [6.45, 7) is -0.0487. The van der Waals surface area contributed by atoms with Crippen molar-refractivity contribution in [2.45, 2.75) is 19.0 Å². The lowest BCUT2D eigenvalue weighted by Gasteiger charge is -2.22. The van der Waals surface area contributed by atoms with Crippen molar-refractivity contribution in [3.8, 4) is 11.8 Å². The molecule has 0 radical (unpaired) electrons. The van der Waals surface area contributed by atoms with Crippen molar-refractivity contribution in [2.24, 2.45) is 5.10 Å². The molecule has 3 aromatic rings. The van der Waals surface area contributed by atoms with Crippen LogP contribution in [-0.2, 0) is 11.3 Å². The van der Waals surface area contributed by atoms with E-state index in [2.05, 4.69) is 15.2 Å². The Labute approximate surface area is 167 Å². The fraction of sp³-hybridized carbons (Fsp3) is 0.190. The van der Waals surface area contributed by atoms with Crippen LogP contribution in [0.25, 0.3) is 0 Å². The van der Waals surface area contributed by atoms with Crippen LogP contribution in [0.4, 0.5) is 0 Å². The van der Waals surface area contributed by atoms with Gasteiger partial charge in [0.05, 0.1) is 18.9 Å². The van der Waals surface area contributed by atoms with Crippen LogP contribution >= 0.6 is 0 Å². The molecule has 144 valence electrons. The molecule has 0 N–H and O–H groups in total. The molecule has 8 heteroatoms. The summed E-state index contributed by atoms with van der Waals surface area (Å²) >= 11 is 0. The number of nitrogens with zero attached hydrogens (tertiary/aromatic N) is 6. The van der Waals surface area contributed by atoms with E-state index in [1.807, 2.05) is 60.7 Å². The molecule has 4 rings (SSSR count). The van der Waals surface area contributed by atoms with E-state index < -0.39 is 0 Å². The third-order valence-corrected chi connectivity index (χ3v) is 4.71. The first-order chi connectivity index (χ1) is 14.2. The Hall–Kier alpha value is -3.99. The van der Waals surface area contributed by atoms with Gasteiger partial charge in [0.25, 0.3) is 11.7 Å². The number of aromatic nitrogens is 3. The van der Waals surface area contributed by atoms with Gasteiger partial charge in [0.1, 0.15) is 24.7 Å². The molecular weight excluding hydrogens is 368 g/mol. The highest BCUT2D eigenvalue weighted by Gasteiger charge is 2.33. The van der Waals surface area contributed by atoms with Gasteiger partial charge in [-0.2, -0.15) is 10.4 Å². The van der Waals surface area contributed by atoms with Gasteiger partial charge in [-0.1, -0.05) is 42.5 Å². The Balaban J connectivity index is 1.63. The monoisotopic (exact) mass is 386 g/mol. The van der Waals surface area contributed by atoms with Gasteiger partial charge in [-0.3, -0.25) is 4.79 Å². The molecule has 1 amide bonds. The summed E-state index contributed by atoms with van der Waals surface area (Å²) in [7, 11) is 1.62. The zero-order chi connectivity index (χ0) is 20.2. The first-order valence-electron chi connectivity index (χ1n) is 9.06. The van der Waals surface area contributed by atoms with Gasteiger partial charge < -0.3 is 4.74 Å². The standard InChI is InChI=1S/C21H18N6O2/c1-29-17-9-7-16(8-10-17)19-11-18(15-5-3-2-4-6-15)24-27(19)21(28)13-26-14-23-20(12-22)25-26/h2-10,14,19H,11,13H2,1H3/t19-/m0/s1. The molecule has 1 aliphatic heterocycles. The molecule has 1 aromatic heterocycles. The average Bonchev–Trinajstić information content (AvgIpc) is 3.41. The van der Waals surface area contributed by atoms with E-state index in [1.54, 1.807) is 7.11 Å². The van der Waals surface area contributed by atoms with E-state index in [4.69, 9.17) is 10.00 Å². The van der Waals surface area contributed by atoms with Crippen molar-refractivity contribution in [3.05, 3.63) is 77.9 Å². The highest BCUT2D eigenvalue weighted by Crippen LogP contribution is 2.33. The first-order valence-corrected chi connectivity index (χ1v) is 9.06. The lowest BCUT2D eigenvalue weighted by Crippen LogP contribution is -2.30. The van der Waals surface area contributed by atoms with Crippen molar-refractivity contribution < 1.29 is 9.53 Å². The molecule has 0 unspecified atom stereocenters. The number of methoxy groups -OCH3 is 1. The predicted molar refractivity (Wildman–Crippen MR) is 105 cm³/mol. The molecule has 0 fully saturated rings. The molecule has 1 aliphatic rings. The van der Waals surface area contributed by atoms with Gasteiger partial charge in [0.15, 0.2) is 0 Å². The van der Waals surface area contributed by atoms with E-state index >= 15 is 0 Å². The van der Waals surface area contributed by atoms with Crippen LogP contribution in [0.2, 0.25) is 0 Å². The van der Waals surface area contributed by atoms with E-state index in [1.165, 1.54) is 16.0 Å². The molecule has 1 atom stereocenters. The second-order valence-corrected chi connectivity index (χ2v) is 6.52. The zero-order valence-corrected chi connectivity index (χ0v) is 15.8. The largest absolute Gasteiger partial charge is 0.497 e. The van der Waals surface area contributed by atoms with Gasteiger partial charge >= 0.3 is 0 Å². The van der Waals surface area contributed by atoms with Crippen LogP contribution in [0.1, 0.15) is 29.4 Å². The number of benzene rings is 2. The van der Waals surface area contributed by atoms with Gasteiger partial charge in [-0.25, -0.2) is 14.7 Å². The highest BCUT2D eigenvalue weighted by molar-refractivity contribution is 6.03. The number of hydrogen-bond donors (Lipinski definition) is 0. The molecule has 8 nitrogen and oxygen atoms in total. The van der Waals surface area contributed by atoms with Gasteiger partial charge in [0, 0.05) is 6.42 Å². The van der Waals surface area contributed by atoms with Crippen LogP contribution in [-0.4, -0.2) is 38.5 Å². The Bertz CT molecular complexity index is 1080. The minimum Gasteiger partial charge on any atom is -0.497 e. The summed E-state index contributed by atoms with van der Waals surface area (Å²) in [5.41, 5.74) is 2.79. The summed E-state index contributed by atoms with van der Waals surface area (Å²) in [4.78, 5) is 16.9. The summed E-state index contributed by atoms with van der Waals surface area (Å²) < 4.78 is 6.58. The van der Waals surface area contributed by atoms with E-state index in [0.29, 0.717) is 6.42 Å². The molecule has 2 heterocycles.